The van der Waals surface area contributed by atoms with Crippen LogP contribution in [0.15, 0.2) is 54.6 Å². The second-order valence-corrected chi connectivity index (χ2v) is 8.64. The zero-order valence-electron chi connectivity index (χ0n) is 17.0. The van der Waals surface area contributed by atoms with Crippen molar-refractivity contribution in [3.8, 4) is 5.75 Å². The summed E-state index contributed by atoms with van der Waals surface area (Å²) < 4.78 is 5.36. The van der Waals surface area contributed by atoms with Gasteiger partial charge in [-0.2, -0.15) is 0 Å². The summed E-state index contributed by atoms with van der Waals surface area (Å²) >= 11 is 1.51. The van der Waals surface area contributed by atoms with Crippen LogP contribution in [0.2, 0.25) is 0 Å². The third kappa shape index (κ3) is 4.09. The number of amides is 2. The van der Waals surface area contributed by atoms with Crippen molar-refractivity contribution in [2.24, 2.45) is 5.92 Å². The lowest BCUT2D eigenvalue weighted by Gasteiger charge is -2.19. The van der Waals surface area contributed by atoms with Gasteiger partial charge in [0.2, 0.25) is 0 Å². The highest BCUT2D eigenvalue weighted by atomic mass is 32.1. The van der Waals surface area contributed by atoms with Crippen molar-refractivity contribution in [3.05, 3.63) is 76.2 Å². The van der Waals surface area contributed by atoms with Gasteiger partial charge in [0.15, 0.2) is 0 Å². The van der Waals surface area contributed by atoms with Crippen LogP contribution in [-0.4, -0.2) is 18.9 Å². The molecule has 30 heavy (non-hydrogen) atoms. The number of benzene rings is 2. The number of hydrogen-bond donors (Lipinski definition) is 2. The second-order valence-electron chi connectivity index (χ2n) is 7.53. The fourth-order valence-corrected chi connectivity index (χ4v) is 5.18. The summed E-state index contributed by atoms with van der Waals surface area (Å²) in [6.07, 6.45) is 2.80. The minimum Gasteiger partial charge on any atom is -0.495 e. The van der Waals surface area contributed by atoms with Gasteiger partial charge < -0.3 is 15.4 Å². The van der Waals surface area contributed by atoms with Crippen molar-refractivity contribution in [3.63, 3.8) is 0 Å². The molecule has 1 heterocycles. The predicted octanol–water partition coefficient (Wildman–Crippen LogP) is 5.39. The lowest BCUT2D eigenvalue weighted by atomic mass is 9.88. The molecule has 1 unspecified atom stereocenters. The molecule has 5 nitrogen and oxygen atoms in total. The molecule has 3 aromatic rings. The molecule has 1 aromatic heterocycles. The summed E-state index contributed by atoms with van der Waals surface area (Å²) in [7, 11) is 1.57. The Labute approximate surface area is 180 Å². The third-order valence-corrected chi connectivity index (χ3v) is 6.53. The first-order valence-electron chi connectivity index (χ1n) is 10.0. The molecule has 1 aliphatic rings. The monoisotopic (exact) mass is 420 g/mol. The third-order valence-electron chi connectivity index (χ3n) is 5.36. The molecule has 2 amide bonds. The van der Waals surface area contributed by atoms with Gasteiger partial charge in [-0.25, -0.2) is 0 Å². The molecule has 2 aromatic carbocycles. The summed E-state index contributed by atoms with van der Waals surface area (Å²) in [5, 5.41) is 6.56. The summed E-state index contributed by atoms with van der Waals surface area (Å²) in [6.45, 7) is 2.22. The van der Waals surface area contributed by atoms with Crippen LogP contribution in [0.4, 0.5) is 10.7 Å². The van der Waals surface area contributed by atoms with Crippen molar-refractivity contribution >= 4 is 33.8 Å². The van der Waals surface area contributed by atoms with Gasteiger partial charge in [0.1, 0.15) is 10.8 Å². The van der Waals surface area contributed by atoms with Crippen LogP contribution in [-0.2, 0) is 12.8 Å². The van der Waals surface area contributed by atoms with Gasteiger partial charge in [-0.05, 0) is 55.0 Å². The summed E-state index contributed by atoms with van der Waals surface area (Å²) in [5.74, 6) is 0.723. The van der Waals surface area contributed by atoms with E-state index in [9.17, 15) is 9.59 Å². The number of ether oxygens (including phenoxy) is 1. The fourth-order valence-electron chi connectivity index (χ4n) is 3.78. The van der Waals surface area contributed by atoms with E-state index in [0.29, 0.717) is 33.5 Å². The predicted molar refractivity (Wildman–Crippen MR) is 121 cm³/mol. The first-order chi connectivity index (χ1) is 14.6. The minimum absolute atomic E-state index is 0.214. The number of anilines is 2. The Morgan fingerprint density at radius 2 is 1.73 bits per heavy atom. The number of rotatable bonds is 5. The number of carbonyl (C=O) groups is 2. The average molecular weight is 421 g/mol. The highest BCUT2D eigenvalue weighted by Crippen LogP contribution is 2.40. The minimum atomic E-state index is -0.227. The lowest BCUT2D eigenvalue weighted by Crippen LogP contribution is -2.19. The molecule has 0 radical (unpaired) electrons. The number of fused-ring (bicyclic) bond motifs is 1. The van der Waals surface area contributed by atoms with E-state index in [2.05, 4.69) is 17.6 Å². The first-order valence-corrected chi connectivity index (χ1v) is 10.8. The van der Waals surface area contributed by atoms with Crippen LogP contribution >= 0.6 is 11.3 Å². The molecule has 1 aliphatic carbocycles. The van der Waals surface area contributed by atoms with Gasteiger partial charge >= 0.3 is 0 Å². The molecular weight excluding hydrogens is 396 g/mol. The highest BCUT2D eigenvalue weighted by Gasteiger charge is 2.29. The van der Waals surface area contributed by atoms with E-state index >= 15 is 0 Å². The molecular formula is C24H24N2O3S. The number of thiophene rings is 1. The quantitative estimate of drug-likeness (QED) is 0.582. The normalized spacial score (nSPS) is 15.2. The molecule has 0 spiro atoms. The molecule has 0 saturated carbocycles. The van der Waals surface area contributed by atoms with Crippen LogP contribution < -0.4 is 15.4 Å². The van der Waals surface area contributed by atoms with E-state index in [0.717, 1.165) is 24.8 Å². The molecule has 0 bridgehead atoms. The van der Waals surface area contributed by atoms with Crippen LogP contribution in [0, 0.1) is 5.92 Å². The Kier molecular flexibility index (Phi) is 5.86. The van der Waals surface area contributed by atoms with E-state index in [-0.39, 0.29) is 11.8 Å². The Morgan fingerprint density at radius 1 is 1.00 bits per heavy atom. The maximum absolute atomic E-state index is 13.3. The molecule has 0 aliphatic heterocycles. The van der Waals surface area contributed by atoms with Crippen LogP contribution in [0.1, 0.15) is 44.5 Å². The second kappa shape index (κ2) is 8.71. The molecule has 4 rings (SSSR count). The average Bonchev–Trinajstić information content (AvgIpc) is 3.11. The van der Waals surface area contributed by atoms with Crippen molar-refractivity contribution in [1.82, 2.24) is 0 Å². The van der Waals surface area contributed by atoms with Gasteiger partial charge in [0.05, 0.1) is 18.4 Å². The van der Waals surface area contributed by atoms with E-state index in [1.807, 2.05) is 30.3 Å². The zero-order valence-corrected chi connectivity index (χ0v) is 17.8. The molecule has 1 atom stereocenters. The van der Waals surface area contributed by atoms with Gasteiger partial charge in [-0.3, -0.25) is 9.59 Å². The topological polar surface area (TPSA) is 67.4 Å². The Morgan fingerprint density at radius 3 is 2.50 bits per heavy atom. The lowest BCUT2D eigenvalue weighted by molar-refractivity contribution is 0.102. The number of hydrogen-bond acceptors (Lipinski definition) is 4. The van der Waals surface area contributed by atoms with Gasteiger partial charge in [0.25, 0.3) is 11.8 Å². The standard InChI is InChI=1S/C24H24N2O3S/c1-15-12-13-17-20(14-15)30-24(26-22(27)16-8-4-3-5-9-16)21(17)23(28)25-18-10-6-7-11-19(18)29-2/h3-11,15H,12-14H2,1-2H3,(H,25,28)(H,26,27). The summed E-state index contributed by atoms with van der Waals surface area (Å²) in [6, 6.07) is 16.4. The Hall–Kier alpha value is -3.12. The summed E-state index contributed by atoms with van der Waals surface area (Å²) in [4.78, 5) is 27.3. The smallest absolute Gasteiger partial charge is 0.259 e. The van der Waals surface area contributed by atoms with Crippen LogP contribution in [0.3, 0.4) is 0 Å². The number of methoxy groups -OCH3 is 1. The van der Waals surface area contributed by atoms with Crippen molar-refractivity contribution in [1.29, 1.82) is 0 Å². The van der Waals surface area contributed by atoms with E-state index in [1.165, 1.54) is 16.2 Å². The van der Waals surface area contributed by atoms with Gasteiger partial charge in [-0.1, -0.05) is 37.3 Å². The first kappa shape index (κ1) is 20.2. The van der Waals surface area contributed by atoms with E-state index < -0.39 is 0 Å². The molecule has 0 saturated heterocycles. The van der Waals surface area contributed by atoms with Gasteiger partial charge in [-0.15, -0.1) is 11.3 Å². The Bertz CT molecular complexity index is 1080. The van der Waals surface area contributed by atoms with Crippen molar-refractivity contribution < 1.29 is 14.3 Å². The van der Waals surface area contributed by atoms with E-state index in [1.54, 1.807) is 31.4 Å². The maximum Gasteiger partial charge on any atom is 0.259 e. The van der Waals surface area contributed by atoms with Gasteiger partial charge in [0, 0.05) is 10.4 Å². The Balaban J connectivity index is 1.68. The van der Waals surface area contributed by atoms with E-state index in [4.69, 9.17) is 4.74 Å². The highest BCUT2D eigenvalue weighted by molar-refractivity contribution is 7.17. The molecule has 6 heteroatoms. The molecule has 2 N–H and O–H groups in total. The zero-order chi connectivity index (χ0) is 21.1. The van der Waals surface area contributed by atoms with Crippen LogP contribution in [0.5, 0.6) is 5.75 Å². The summed E-state index contributed by atoms with van der Waals surface area (Å²) in [5.41, 5.74) is 2.79. The molecule has 0 fully saturated rings. The maximum atomic E-state index is 13.3. The number of carbonyl (C=O) groups excluding carboxylic acids is 2. The van der Waals surface area contributed by atoms with Crippen molar-refractivity contribution in [2.75, 3.05) is 17.7 Å². The SMILES string of the molecule is COc1ccccc1NC(=O)c1c(NC(=O)c2ccccc2)sc2c1CCC(C)C2. The fraction of sp³-hybridized carbons (Fsp3) is 0.250. The largest absolute Gasteiger partial charge is 0.495 e. The number of nitrogens with one attached hydrogen (secondary N) is 2. The number of para-hydroxylation sites is 2. The van der Waals surface area contributed by atoms with Crippen molar-refractivity contribution in [2.45, 2.75) is 26.2 Å². The molecule has 154 valence electrons. The van der Waals surface area contributed by atoms with Crippen LogP contribution in [0.25, 0.3) is 0 Å².